The lowest BCUT2D eigenvalue weighted by atomic mass is 10.1. The third kappa shape index (κ3) is 5.27. The van der Waals surface area contributed by atoms with E-state index in [4.69, 9.17) is 15.2 Å². The first kappa shape index (κ1) is 25.7. The van der Waals surface area contributed by atoms with Crippen LogP contribution in [-0.2, 0) is 10.0 Å². The van der Waals surface area contributed by atoms with Gasteiger partial charge in [0, 0.05) is 39.4 Å². The number of nitrogens with two attached hydrogens (primary N) is 1. The summed E-state index contributed by atoms with van der Waals surface area (Å²) in [6.07, 6.45) is 4.59. The topological polar surface area (TPSA) is 184 Å². The molecule has 3 heterocycles. The van der Waals surface area contributed by atoms with Gasteiger partial charge in [0.2, 0.25) is 16.0 Å². The van der Waals surface area contributed by atoms with Crippen LogP contribution in [0.2, 0.25) is 0 Å². The number of fused-ring (bicyclic) bond motifs is 2. The van der Waals surface area contributed by atoms with Gasteiger partial charge in [-0.05, 0) is 24.4 Å². The van der Waals surface area contributed by atoms with Gasteiger partial charge in [0.15, 0.2) is 11.5 Å². The number of aromatic nitrogens is 3. The van der Waals surface area contributed by atoms with Crippen molar-refractivity contribution in [3.63, 3.8) is 0 Å². The maximum Gasteiger partial charge on any atom is 0.231 e. The summed E-state index contributed by atoms with van der Waals surface area (Å²) < 4.78 is 37.3. The van der Waals surface area contributed by atoms with Crippen molar-refractivity contribution in [2.24, 2.45) is 10.7 Å². The van der Waals surface area contributed by atoms with Crippen molar-refractivity contribution in [2.45, 2.75) is 0 Å². The predicted molar refractivity (Wildman–Crippen MR) is 141 cm³/mol. The normalized spacial score (nSPS) is 13.8. The van der Waals surface area contributed by atoms with Crippen LogP contribution in [0.5, 0.6) is 11.5 Å². The molecule has 0 fully saturated rings. The van der Waals surface area contributed by atoms with Crippen molar-refractivity contribution < 1.29 is 17.9 Å². The number of nitrogens with zero attached hydrogens (tertiary/aromatic N) is 5. The number of allylic oxidation sites excluding steroid dienone is 1. The highest BCUT2D eigenvalue weighted by Gasteiger charge is 2.23. The van der Waals surface area contributed by atoms with E-state index in [9.17, 15) is 13.7 Å². The number of nitriles is 1. The molecule has 0 atom stereocenters. The minimum Gasteiger partial charge on any atom is -0.485 e. The number of anilines is 3. The van der Waals surface area contributed by atoms with Gasteiger partial charge in [-0.15, -0.1) is 0 Å². The molecule has 0 radical (unpaired) electrons. The van der Waals surface area contributed by atoms with Gasteiger partial charge in [0.1, 0.15) is 30.7 Å². The van der Waals surface area contributed by atoms with Crippen LogP contribution in [0.4, 0.5) is 17.5 Å². The number of H-pyrrole nitrogens is 1. The number of hydrogen-bond donors (Lipinski definition) is 4. The Bertz CT molecular complexity index is 1520. The maximum absolute atomic E-state index is 12.2. The van der Waals surface area contributed by atoms with Gasteiger partial charge in [-0.2, -0.15) is 15.2 Å². The van der Waals surface area contributed by atoms with Crippen molar-refractivity contribution in [3.8, 4) is 17.6 Å². The highest BCUT2D eigenvalue weighted by molar-refractivity contribution is 7.89. The molecule has 3 aromatic rings. The Hall–Kier alpha value is -4.35. The molecule has 194 valence electrons. The monoisotopic (exact) mass is 525 g/mol. The Labute approximate surface area is 214 Å². The zero-order valence-corrected chi connectivity index (χ0v) is 21.4. The number of sulfonamides is 1. The molecule has 0 aliphatic carbocycles. The summed E-state index contributed by atoms with van der Waals surface area (Å²) in [6.45, 7) is 0.807. The minimum atomic E-state index is -3.42. The molecule has 5 N–H and O–H groups in total. The van der Waals surface area contributed by atoms with Gasteiger partial charge < -0.3 is 30.8 Å². The highest BCUT2D eigenvalue weighted by atomic mass is 32.2. The molecule has 0 spiro atoms. The van der Waals surface area contributed by atoms with Crippen molar-refractivity contribution >= 4 is 44.2 Å². The average molecular weight is 526 g/mol. The average Bonchev–Trinajstić information content (AvgIpc) is 3.31. The molecule has 1 aromatic carbocycles. The number of aromatic amines is 1. The van der Waals surface area contributed by atoms with E-state index in [0.717, 1.165) is 4.31 Å². The van der Waals surface area contributed by atoms with E-state index in [1.54, 1.807) is 19.2 Å². The van der Waals surface area contributed by atoms with Gasteiger partial charge in [-0.25, -0.2) is 12.7 Å². The molecule has 2 aromatic heterocycles. The molecule has 14 heteroatoms. The summed E-state index contributed by atoms with van der Waals surface area (Å²) in [4.78, 5) is 16.3. The molecule has 0 saturated carbocycles. The van der Waals surface area contributed by atoms with E-state index >= 15 is 0 Å². The summed E-state index contributed by atoms with van der Waals surface area (Å²) >= 11 is 0. The maximum atomic E-state index is 12.2. The van der Waals surface area contributed by atoms with Crippen molar-refractivity contribution in [2.75, 3.05) is 57.3 Å². The number of hydrogen-bond acceptors (Lipinski definition) is 11. The Morgan fingerprint density at radius 3 is 2.73 bits per heavy atom. The second kappa shape index (κ2) is 10.7. The quantitative estimate of drug-likeness (QED) is 0.299. The molecular formula is C23H27N9O4S. The third-order valence-electron chi connectivity index (χ3n) is 5.57. The fourth-order valence-electron chi connectivity index (χ4n) is 3.72. The van der Waals surface area contributed by atoms with Gasteiger partial charge in [0.25, 0.3) is 0 Å². The molecule has 0 unspecified atom stereocenters. The van der Waals surface area contributed by atoms with E-state index < -0.39 is 10.0 Å². The number of benzene rings is 1. The van der Waals surface area contributed by atoms with Gasteiger partial charge >= 0.3 is 0 Å². The lowest BCUT2D eigenvalue weighted by molar-refractivity contribution is 0.172. The van der Waals surface area contributed by atoms with Crippen LogP contribution >= 0.6 is 0 Å². The molecule has 0 saturated heterocycles. The molecule has 1 aliphatic rings. The summed E-state index contributed by atoms with van der Waals surface area (Å²) in [5.41, 5.74) is 8.20. The van der Waals surface area contributed by atoms with E-state index in [2.05, 4.69) is 36.6 Å². The predicted octanol–water partition coefficient (Wildman–Crippen LogP) is 1.54. The van der Waals surface area contributed by atoms with Crippen molar-refractivity contribution in [1.29, 1.82) is 5.26 Å². The Morgan fingerprint density at radius 2 is 2.05 bits per heavy atom. The first-order valence-electron chi connectivity index (χ1n) is 11.3. The third-order valence-corrected chi connectivity index (χ3v) is 7.40. The van der Waals surface area contributed by atoms with Crippen LogP contribution in [-0.4, -0.2) is 80.0 Å². The molecular weight excluding hydrogens is 498 g/mol. The van der Waals surface area contributed by atoms with E-state index in [1.165, 1.54) is 26.5 Å². The highest BCUT2D eigenvalue weighted by Crippen LogP contribution is 2.42. The van der Waals surface area contributed by atoms with Crippen molar-refractivity contribution in [3.05, 3.63) is 41.7 Å². The molecule has 0 amide bonds. The van der Waals surface area contributed by atoms with Crippen LogP contribution in [0.1, 0.15) is 11.1 Å². The van der Waals surface area contributed by atoms with Crippen molar-refractivity contribution in [1.82, 2.24) is 19.3 Å². The molecule has 1 aliphatic heterocycles. The van der Waals surface area contributed by atoms with E-state index in [-0.39, 0.29) is 18.2 Å². The first-order chi connectivity index (χ1) is 17.8. The van der Waals surface area contributed by atoms with Crippen LogP contribution in [0.25, 0.3) is 11.0 Å². The molecule has 0 bridgehead atoms. The zero-order chi connectivity index (χ0) is 26.6. The van der Waals surface area contributed by atoms with Crippen LogP contribution < -0.4 is 25.8 Å². The van der Waals surface area contributed by atoms with E-state index in [1.807, 2.05) is 6.07 Å². The zero-order valence-electron chi connectivity index (χ0n) is 20.6. The van der Waals surface area contributed by atoms with Gasteiger partial charge in [0.05, 0.1) is 28.1 Å². The smallest absolute Gasteiger partial charge is 0.231 e. The molecule has 37 heavy (non-hydrogen) atoms. The summed E-state index contributed by atoms with van der Waals surface area (Å²) in [6, 6.07) is 5.71. The fourth-order valence-corrected chi connectivity index (χ4v) is 4.44. The van der Waals surface area contributed by atoms with Gasteiger partial charge in [-0.3, -0.25) is 4.99 Å². The van der Waals surface area contributed by atoms with Crippen LogP contribution in [0.3, 0.4) is 0 Å². The Morgan fingerprint density at radius 1 is 1.30 bits per heavy atom. The lowest BCUT2D eigenvalue weighted by Crippen LogP contribution is -2.28. The standard InChI is InChI=1S/C23H27N9O4S/c1-26-16(6-7-24)15-4-5-17(20-19(15)35-9-10-36-20)29-23-30-21(27-8-11-37(33,34)32(2)3)18-14(12-25)13-28-22(18)31-23/h4-7,13H,8-11,24H2,1-3H3,(H3,27,28,29,30,31). The Kier molecular flexibility index (Phi) is 7.46. The van der Waals surface area contributed by atoms with Crippen LogP contribution in [0.15, 0.2) is 35.6 Å². The molecule has 4 rings (SSSR count). The number of rotatable bonds is 9. The van der Waals surface area contributed by atoms with Crippen LogP contribution in [0, 0.1) is 11.3 Å². The summed E-state index contributed by atoms with van der Waals surface area (Å²) in [5.74, 6) is 1.34. The second-order valence-corrected chi connectivity index (χ2v) is 10.4. The van der Waals surface area contributed by atoms with Gasteiger partial charge in [-0.1, -0.05) is 0 Å². The SMILES string of the molecule is CN=C(C=CN)c1ccc(Nc2nc(NCCS(=O)(=O)N(C)C)c3c(C#N)c[nH]c3n2)c2c1OCCO2. The second-order valence-electron chi connectivity index (χ2n) is 8.07. The summed E-state index contributed by atoms with van der Waals surface area (Å²) in [5, 5.41) is 16.2. The first-order valence-corrected chi connectivity index (χ1v) is 12.9. The number of nitrogens with one attached hydrogen (secondary N) is 3. The largest absolute Gasteiger partial charge is 0.485 e. The lowest BCUT2D eigenvalue weighted by Gasteiger charge is -2.24. The fraction of sp³-hybridized carbons (Fsp3) is 0.304. The van der Waals surface area contributed by atoms with E-state index in [0.29, 0.717) is 64.1 Å². The molecule has 13 nitrogen and oxygen atoms in total. The number of aliphatic imine (C=N–C) groups is 1. The summed E-state index contributed by atoms with van der Waals surface area (Å²) in [7, 11) is 1.18. The Balaban J connectivity index is 1.71. The number of ether oxygens (including phenoxy) is 2. The minimum absolute atomic E-state index is 0.0803.